The summed E-state index contributed by atoms with van der Waals surface area (Å²) in [7, 11) is 1.69. The van der Waals surface area contributed by atoms with Gasteiger partial charge in [0.15, 0.2) is 0 Å². The third kappa shape index (κ3) is 3.41. The van der Waals surface area contributed by atoms with E-state index in [1.807, 2.05) is 12.1 Å². The van der Waals surface area contributed by atoms with Gasteiger partial charge in [0.25, 0.3) is 0 Å². The molecule has 0 saturated carbocycles. The highest BCUT2D eigenvalue weighted by Gasteiger charge is 2.30. The van der Waals surface area contributed by atoms with Gasteiger partial charge in [-0.15, -0.1) is 6.58 Å². The zero-order chi connectivity index (χ0) is 14.5. The second kappa shape index (κ2) is 6.91. The quantitative estimate of drug-likeness (QED) is 0.810. The minimum atomic E-state index is -0.249. The number of rotatable bonds is 6. The number of likely N-dealkylation sites (tertiary alicyclic amines) is 1. The monoisotopic (exact) mass is 275 g/mol. The van der Waals surface area contributed by atoms with Crippen LogP contribution < -0.4 is 4.74 Å². The van der Waals surface area contributed by atoms with Crippen molar-refractivity contribution in [2.45, 2.75) is 31.9 Å². The van der Waals surface area contributed by atoms with Crippen LogP contribution in [0.5, 0.6) is 5.75 Å². The van der Waals surface area contributed by atoms with Gasteiger partial charge in [-0.1, -0.05) is 18.2 Å². The summed E-state index contributed by atoms with van der Waals surface area (Å²) in [5, 5.41) is 10.1. The molecular formula is C17H25NO2. The highest BCUT2D eigenvalue weighted by atomic mass is 16.5. The number of methoxy groups -OCH3 is 1. The molecule has 0 spiro atoms. The molecule has 0 aliphatic carbocycles. The van der Waals surface area contributed by atoms with Gasteiger partial charge in [0.05, 0.1) is 13.2 Å². The van der Waals surface area contributed by atoms with E-state index in [4.69, 9.17) is 4.74 Å². The molecule has 1 aromatic rings. The Morgan fingerprint density at radius 1 is 1.45 bits per heavy atom. The first-order valence-electron chi connectivity index (χ1n) is 7.32. The van der Waals surface area contributed by atoms with Crippen LogP contribution in [-0.2, 0) is 0 Å². The van der Waals surface area contributed by atoms with Gasteiger partial charge in [-0.25, -0.2) is 0 Å². The summed E-state index contributed by atoms with van der Waals surface area (Å²) in [6, 6.07) is 8.63. The van der Waals surface area contributed by atoms with Crippen molar-refractivity contribution >= 4 is 0 Å². The van der Waals surface area contributed by atoms with Crippen LogP contribution in [0.4, 0.5) is 0 Å². The molecule has 20 heavy (non-hydrogen) atoms. The molecular weight excluding hydrogens is 250 g/mol. The zero-order valence-electron chi connectivity index (χ0n) is 12.5. The SMILES string of the molecule is C=CC[C@@H](O)[C@@H]1CCN([C@H](C)c2ccc(OC)cc2)C1. The van der Waals surface area contributed by atoms with E-state index in [0.717, 1.165) is 25.3 Å². The lowest BCUT2D eigenvalue weighted by Gasteiger charge is -2.25. The van der Waals surface area contributed by atoms with Crippen molar-refractivity contribution in [3.63, 3.8) is 0 Å². The van der Waals surface area contributed by atoms with Gasteiger partial charge in [0.1, 0.15) is 5.75 Å². The molecule has 0 amide bonds. The Labute approximate surface area is 121 Å². The number of aliphatic hydroxyl groups excluding tert-OH is 1. The van der Waals surface area contributed by atoms with E-state index in [9.17, 15) is 5.11 Å². The largest absolute Gasteiger partial charge is 0.497 e. The number of nitrogens with zero attached hydrogens (tertiary/aromatic N) is 1. The van der Waals surface area contributed by atoms with E-state index in [1.54, 1.807) is 13.2 Å². The maximum atomic E-state index is 10.1. The molecule has 2 rings (SSSR count). The first-order chi connectivity index (χ1) is 9.65. The van der Waals surface area contributed by atoms with Crippen LogP contribution in [0.25, 0.3) is 0 Å². The number of benzene rings is 1. The van der Waals surface area contributed by atoms with E-state index < -0.39 is 0 Å². The lowest BCUT2D eigenvalue weighted by Crippen LogP contribution is -2.27. The Kier molecular flexibility index (Phi) is 5.21. The highest BCUT2D eigenvalue weighted by molar-refractivity contribution is 5.29. The Morgan fingerprint density at radius 3 is 2.75 bits per heavy atom. The molecule has 1 aliphatic heterocycles. The Morgan fingerprint density at radius 2 is 2.15 bits per heavy atom. The Bertz CT molecular complexity index is 429. The van der Waals surface area contributed by atoms with Gasteiger partial charge in [-0.05, 0) is 49.9 Å². The fourth-order valence-electron chi connectivity index (χ4n) is 2.94. The van der Waals surface area contributed by atoms with Crippen LogP contribution in [0.1, 0.15) is 31.4 Å². The predicted octanol–water partition coefficient (Wildman–Crippen LogP) is 3.02. The summed E-state index contributed by atoms with van der Waals surface area (Å²) in [5.74, 6) is 1.26. The van der Waals surface area contributed by atoms with Gasteiger partial charge in [-0.3, -0.25) is 4.90 Å². The van der Waals surface area contributed by atoms with E-state index in [0.29, 0.717) is 18.4 Å². The summed E-state index contributed by atoms with van der Waals surface area (Å²) < 4.78 is 5.19. The predicted molar refractivity (Wildman–Crippen MR) is 81.9 cm³/mol. The van der Waals surface area contributed by atoms with E-state index in [2.05, 4.69) is 30.5 Å². The Hall–Kier alpha value is -1.32. The average Bonchev–Trinajstić information content (AvgIpc) is 2.97. The van der Waals surface area contributed by atoms with E-state index in [1.165, 1.54) is 5.56 Å². The maximum Gasteiger partial charge on any atom is 0.118 e. The van der Waals surface area contributed by atoms with Crippen LogP contribution in [-0.4, -0.2) is 36.3 Å². The molecule has 0 unspecified atom stereocenters. The van der Waals surface area contributed by atoms with Crippen LogP contribution >= 0.6 is 0 Å². The number of aliphatic hydroxyl groups is 1. The maximum absolute atomic E-state index is 10.1. The summed E-state index contributed by atoms with van der Waals surface area (Å²) in [4.78, 5) is 2.44. The first-order valence-corrected chi connectivity index (χ1v) is 7.32. The van der Waals surface area contributed by atoms with Gasteiger partial charge in [0, 0.05) is 12.6 Å². The first kappa shape index (κ1) is 15.1. The lowest BCUT2D eigenvalue weighted by atomic mass is 9.99. The fraction of sp³-hybridized carbons (Fsp3) is 0.529. The van der Waals surface area contributed by atoms with Crippen LogP contribution in [0, 0.1) is 5.92 Å². The second-order valence-electron chi connectivity index (χ2n) is 5.58. The van der Waals surface area contributed by atoms with Crippen LogP contribution in [0.15, 0.2) is 36.9 Å². The molecule has 3 nitrogen and oxygen atoms in total. The fourth-order valence-corrected chi connectivity index (χ4v) is 2.94. The van der Waals surface area contributed by atoms with Gasteiger partial charge in [0.2, 0.25) is 0 Å². The highest BCUT2D eigenvalue weighted by Crippen LogP contribution is 2.30. The molecule has 1 saturated heterocycles. The van der Waals surface area contributed by atoms with Crippen molar-refractivity contribution in [3.05, 3.63) is 42.5 Å². The minimum absolute atomic E-state index is 0.249. The molecule has 1 N–H and O–H groups in total. The summed E-state index contributed by atoms with van der Waals surface area (Å²) in [5.41, 5.74) is 1.30. The number of hydrogen-bond acceptors (Lipinski definition) is 3. The topological polar surface area (TPSA) is 32.7 Å². The van der Waals surface area contributed by atoms with Crippen molar-refractivity contribution in [2.75, 3.05) is 20.2 Å². The zero-order valence-corrected chi connectivity index (χ0v) is 12.5. The molecule has 1 fully saturated rings. The second-order valence-corrected chi connectivity index (χ2v) is 5.58. The molecule has 1 aromatic carbocycles. The third-order valence-electron chi connectivity index (χ3n) is 4.35. The minimum Gasteiger partial charge on any atom is -0.497 e. The lowest BCUT2D eigenvalue weighted by molar-refractivity contribution is 0.109. The molecule has 3 atom stereocenters. The van der Waals surface area contributed by atoms with Crippen molar-refractivity contribution in [1.82, 2.24) is 4.90 Å². The standard InChI is InChI=1S/C17H25NO2/c1-4-5-17(19)15-10-11-18(12-15)13(2)14-6-8-16(20-3)9-7-14/h4,6-9,13,15,17,19H,1,5,10-12H2,2-3H3/t13-,15-,17-/m1/s1. The Balaban J connectivity index is 1.96. The average molecular weight is 275 g/mol. The number of ether oxygens (including phenoxy) is 1. The smallest absolute Gasteiger partial charge is 0.118 e. The van der Waals surface area contributed by atoms with Crippen molar-refractivity contribution < 1.29 is 9.84 Å². The number of hydrogen-bond donors (Lipinski definition) is 1. The van der Waals surface area contributed by atoms with E-state index >= 15 is 0 Å². The van der Waals surface area contributed by atoms with Crippen molar-refractivity contribution in [3.8, 4) is 5.75 Å². The summed E-state index contributed by atoms with van der Waals surface area (Å²) >= 11 is 0. The van der Waals surface area contributed by atoms with Gasteiger partial charge < -0.3 is 9.84 Å². The van der Waals surface area contributed by atoms with E-state index in [-0.39, 0.29) is 6.10 Å². The molecule has 0 radical (unpaired) electrons. The third-order valence-corrected chi connectivity index (χ3v) is 4.35. The van der Waals surface area contributed by atoms with Crippen molar-refractivity contribution in [2.24, 2.45) is 5.92 Å². The molecule has 0 bridgehead atoms. The molecule has 1 aliphatic rings. The summed E-state index contributed by atoms with van der Waals surface area (Å²) in [6.45, 7) is 7.94. The summed E-state index contributed by atoms with van der Waals surface area (Å²) in [6.07, 6.45) is 3.31. The van der Waals surface area contributed by atoms with Crippen LogP contribution in [0.3, 0.4) is 0 Å². The van der Waals surface area contributed by atoms with Crippen molar-refractivity contribution in [1.29, 1.82) is 0 Å². The molecule has 110 valence electrons. The molecule has 3 heteroatoms. The van der Waals surface area contributed by atoms with Gasteiger partial charge >= 0.3 is 0 Å². The molecule has 1 heterocycles. The molecule has 0 aromatic heterocycles. The van der Waals surface area contributed by atoms with Crippen LogP contribution in [0.2, 0.25) is 0 Å². The van der Waals surface area contributed by atoms with Gasteiger partial charge in [-0.2, -0.15) is 0 Å². The normalized spacial score (nSPS) is 22.4.